The fourth-order valence-corrected chi connectivity index (χ4v) is 5.84. The zero-order valence-electron chi connectivity index (χ0n) is 19.1. The Morgan fingerprint density at radius 3 is 1.97 bits per heavy atom. The Balaban J connectivity index is 1.64. The lowest BCUT2D eigenvalue weighted by molar-refractivity contribution is 0.0695. The predicted molar refractivity (Wildman–Crippen MR) is 136 cm³/mol. The van der Waals surface area contributed by atoms with Gasteiger partial charge >= 0.3 is 12.0 Å². The summed E-state index contributed by atoms with van der Waals surface area (Å²) in [5, 5.41) is 10.1. The van der Waals surface area contributed by atoms with Gasteiger partial charge in [-0.2, -0.15) is 0 Å². The van der Waals surface area contributed by atoms with Gasteiger partial charge in [0.1, 0.15) is 0 Å². The van der Waals surface area contributed by atoms with Gasteiger partial charge in [-0.3, -0.25) is 4.90 Å². The number of sulfonamides is 1. The molecule has 1 fully saturated rings. The third kappa shape index (κ3) is 4.12. The van der Waals surface area contributed by atoms with Crippen LogP contribution in [0.2, 0.25) is 0 Å². The van der Waals surface area contributed by atoms with E-state index in [9.17, 15) is 23.1 Å². The van der Waals surface area contributed by atoms with Crippen molar-refractivity contribution in [1.29, 1.82) is 0 Å². The molecule has 1 aliphatic rings. The number of carbonyl (C=O) groups excluding carboxylic acids is 1. The highest BCUT2D eigenvalue weighted by molar-refractivity contribution is 7.89. The molecule has 0 bridgehead atoms. The molecule has 0 aromatic heterocycles. The molecule has 0 radical (unpaired) electrons. The summed E-state index contributed by atoms with van der Waals surface area (Å²) < 4.78 is 27.7. The molecule has 180 valence electrons. The Labute approximate surface area is 208 Å². The summed E-state index contributed by atoms with van der Waals surface area (Å²) in [5.74, 6) is -1.16. The Bertz CT molecular complexity index is 1520. The Morgan fingerprint density at radius 2 is 1.36 bits per heavy atom. The monoisotopic (exact) mass is 498 g/mol. The van der Waals surface area contributed by atoms with Crippen LogP contribution in [0.15, 0.2) is 114 Å². The number of hydrogen-bond acceptors (Lipinski definition) is 4. The fraction of sp³-hybridized carbons (Fsp3) is 0.0714. The number of urea groups is 1. The lowest BCUT2D eigenvalue weighted by Crippen LogP contribution is -2.36. The molecule has 8 heteroatoms. The number of amides is 2. The average molecular weight is 499 g/mol. The quantitative estimate of drug-likeness (QED) is 0.383. The standard InChI is InChI=1S/C28H22N2O5S/c31-27(32)25-18-21(20-10-4-1-5-11-20)16-17-24(25)26-19-29(36(34,35)23-14-8-3-9-15-23)28(33)30(26)22-12-6-2-7-13-22/h1-18,26H,19H2,(H,31,32). The molecule has 0 spiro atoms. The lowest BCUT2D eigenvalue weighted by atomic mass is 9.94. The highest BCUT2D eigenvalue weighted by Crippen LogP contribution is 2.39. The van der Waals surface area contributed by atoms with Gasteiger partial charge in [0.25, 0.3) is 10.0 Å². The molecule has 36 heavy (non-hydrogen) atoms. The van der Waals surface area contributed by atoms with E-state index in [1.807, 2.05) is 30.3 Å². The molecule has 1 saturated heterocycles. The van der Waals surface area contributed by atoms with Crippen LogP contribution in [0.25, 0.3) is 11.1 Å². The molecule has 2 amide bonds. The van der Waals surface area contributed by atoms with E-state index >= 15 is 0 Å². The summed E-state index contributed by atoms with van der Waals surface area (Å²) in [4.78, 5) is 27.3. The van der Waals surface area contributed by atoms with E-state index in [0.29, 0.717) is 16.8 Å². The van der Waals surface area contributed by atoms with E-state index in [2.05, 4.69) is 0 Å². The highest BCUT2D eigenvalue weighted by Gasteiger charge is 2.46. The SMILES string of the molecule is O=C(O)c1cc(-c2ccccc2)ccc1C1CN(S(=O)(=O)c2ccccc2)C(=O)N1c1ccccc1. The topological polar surface area (TPSA) is 95.0 Å². The van der Waals surface area contributed by atoms with E-state index in [1.165, 1.54) is 17.0 Å². The van der Waals surface area contributed by atoms with E-state index in [4.69, 9.17) is 0 Å². The molecule has 7 nitrogen and oxygen atoms in total. The van der Waals surface area contributed by atoms with Gasteiger partial charge in [0.2, 0.25) is 0 Å². The summed E-state index contributed by atoms with van der Waals surface area (Å²) in [6, 6.07) is 29.2. The molecular weight excluding hydrogens is 476 g/mol. The van der Waals surface area contributed by atoms with Crippen molar-refractivity contribution in [2.45, 2.75) is 10.9 Å². The third-order valence-corrected chi connectivity index (χ3v) is 7.94. The van der Waals surface area contributed by atoms with Crippen molar-refractivity contribution in [3.63, 3.8) is 0 Å². The van der Waals surface area contributed by atoms with Gasteiger partial charge in [-0.25, -0.2) is 22.3 Å². The summed E-state index contributed by atoms with van der Waals surface area (Å²) >= 11 is 0. The largest absolute Gasteiger partial charge is 0.478 e. The van der Waals surface area contributed by atoms with E-state index in [1.54, 1.807) is 66.7 Å². The van der Waals surface area contributed by atoms with Crippen LogP contribution >= 0.6 is 0 Å². The van der Waals surface area contributed by atoms with E-state index < -0.39 is 28.1 Å². The molecule has 4 aromatic rings. The van der Waals surface area contributed by atoms with Crippen molar-refractivity contribution in [1.82, 2.24) is 4.31 Å². The zero-order chi connectivity index (χ0) is 25.3. The number of benzene rings is 4. The smallest absolute Gasteiger partial charge is 0.339 e. The van der Waals surface area contributed by atoms with Crippen molar-refractivity contribution in [2.24, 2.45) is 0 Å². The number of anilines is 1. The van der Waals surface area contributed by atoms with Gasteiger partial charge in [-0.05, 0) is 47.0 Å². The summed E-state index contributed by atoms with van der Waals surface area (Å²) in [6.45, 7) is -0.226. The Kier molecular flexibility index (Phi) is 6.03. The highest BCUT2D eigenvalue weighted by atomic mass is 32.2. The number of nitrogens with zero attached hydrogens (tertiary/aromatic N) is 2. The minimum atomic E-state index is -4.16. The van der Waals surface area contributed by atoms with Gasteiger partial charge in [0.15, 0.2) is 0 Å². The second-order valence-electron chi connectivity index (χ2n) is 8.33. The van der Waals surface area contributed by atoms with Crippen LogP contribution in [0.1, 0.15) is 22.0 Å². The number of carbonyl (C=O) groups is 2. The van der Waals surface area contributed by atoms with Gasteiger partial charge in [0.05, 0.1) is 23.0 Å². The maximum absolute atomic E-state index is 13.6. The molecular formula is C28H22N2O5S. The van der Waals surface area contributed by atoms with Crippen LogP contribution in [0.3, 0.4) is 0 Å². The normalized spacial score (nSPS) is 15.8. The van der Waals surface area contributed by atoms with Crippen molar-refractivity contribution in [3.8, 4) is 11.1 Å². The van der Waals surface area contributed by atoms with Crippen LogP contribution in [0, 0.1) is 0 Å². The van der Waals surface area contributed by atoms with Gasteiger partial charge in [-0.1, -0.05) is 78.9 Å². The van der Waals surface area contributed by atoms with Crippen LogP contribution in [-0.2, 0) is 10.0 Å². The predicted octanol–water partition coefficient (Wildman–Crippen LogP) is 5.42. The molecule has 1 aliphatic heterocycles. The van der Waals surface area contributed by atoms with E-state index in [-0.39, 0.29) is 17.0 Å². The summed E-state index contributed by atoms with van der Waals surface area (Å²) in [6.07, 6.45) is 0. The van der Waals surface area contributed by atoms with E-state index in [0.717, 1.165) is 9.87 Å². The van der Waals surface area contributed by atoms with Gasteiger partial charge < -0.3 is 5.11 Å². The number of carboxylic acid groups (broad SMARTS) is 1. The maximum Gasteiger partial charge on any atom is 0.339 e. The van der Waals surface area contributed by atoms with Crippen molar-refractivity contribution < 1.29 is 23.1 Å². The molecule has 5 rings (SSSR count). The van der Waals surface area contributed by atoms with Crippen molar-refractivity contribution >= 4 is 27.7 Å². The van der Waals surface area contributed by atoms with Crippen molar-refractivity contribution in [2.75, 3.05) is 11.4 Å². The van der Waals surface area contributed by atoms with Crippen LogP contribution in [0.5, 0.6) is 0 Å². The summed E-state index contributed by atoms with van der Waals surface area (Å²) in [7, 11) is -4.16. The number of rotatable bonds is 6. The first-order valence-electron chi connectivity index (χ1n) is 11.3. The van der Waals surface area contributed by atoms with Crippen LogP contribution in [-0.4, -0.2) is 36.4 Å². The number of aromatic carboxylic acids is 1. The minimum absolute atomic E-state index is 0.00837. The second kappa shape index (κ2) is 9.31. The number of carboxylic acids is 1. The molecule has 4 aromatic carbocycles. The first-order chi connectivity index (χ1) is 17.4. The molecule has 1 N–H and O–H groups in total. The molecule has 1 unspecified atom stereocenters. The average Bonchev–Trinajstić information content (AvgIpc) is 3.27. The van der Waals surface area contributed by atoms with Crippen molar-refractivity contribution in [3.05, 3.63) is 120 Å². The third-order valence-electron chi connectivity index (χ3n) is 6.19. The Morgan fingerprint density at radius 1 is 0.778 bits per heavy atom. The number of hydrogen-bond donors (Lipinski definition) is 1. The first-order valence-corrected chi connectivity index (χ1v) is 12.7. The fourth-order valence-electron chi connectivity index (χ4n) is 4.45. The maximum atomic E-state index is 13.6. The molecule has 0 saturated carbocycles. The number of para-hydroxylation sites is 1. The second-order valence-corrected chi connectivity index (χ2v) is 10.2. The lowest BCUT2D eigenvalue weighted by Gasteiger charge is -2.25. The molecule has 1 atom stereocenters. The Hall–Kier alpha value is -4.43. The van der Waals surface area contributed by atoms with Crippen LogP contribution < -0.4 is 4.90 Å². The zero-order valence-corrected chi connectivity index (χ0v) is 19.9. The first kappa shape index (κ1) is 23.3. The molecule has 0 aliphatic carbocycles. The van der Waals surface area contributed by atoms with Gasteiger partial charge in [-0.15, -0.1) is 0 Å². The van der Waals surface area contributed by atoms with Crippen LogP contribution in [0.4, 0.5) is 10.5 Å². The molecule has 1 heterocycles. The summed E-state index contributed by atoms with van der Waals surface area (Å²) in [5.41, 5.74) is 2.39. The van der Waals surface area contributed by atoms with Gasteiger partial charge in [0, 0.05) is 5.69 Å². The minimum Gasteiger partial charge on any atom is -0.478 e.